The molecule has 0 aliphatic carbocycles. The van der Waals surface area contributed by atoms with Crippen LogP contribution in [0.25, 0.3) is 0 Å². The first-order chi connectivity index (χ1) is 7.93. The van der Waals surface area contributed by atoms with Gasteiger partial charge in [-0.25, -0.2) is 0 Å². The van der Waals surface area contributed by atoms with Gasteiger partial charge in [-0.15, -0.1) is 0 Å². The molecule has 0 aromatic rings. The zero-order chi connectivity index (χ0) is 15.5. The number of hydrogen-bond acceptors (Lipinski definition) is 12. The van der Waals surface area contributed by atoms with E-state index in [-0.39, 0.29) is 34.1 Å². The van der Waals surface area contributed by atoms with E-state index in [0.29, 0.717) is 0 Å². The minimum absolute atomic E-state index is 0. The van der Waals surface area contributed by atoms with E-state index < -0.39 is 35.8 Å². The van der Waals surface area contributed by atoms with Gasteiger partial charge in [0.15, 0.2) is 0 Å². The Hall–Kier alpha value is -2.14. The molecule has 0 fully saturated rings. The Morgan fingerprint density at radius 1 is 0.350 bits per heavy atom. The van der Waals surface area contributed by atoms with Gasteiger partial charge in [-0.05, 0) is 0 Å². The summed E-state index contributed by atoms with van der Waals surface area (Å²) >= 11 is 0. The van der Waals surface area contributed by atoms with Crippen molar-refractivity contribution in [2.24, 2.45) is 0 Å². The predicted molar refractivity (Wildman–Crippen MR) is 30.0 cm³/mol. The SMILES string of the molecule is O=C([O-])C(=O)[O-].O=C([O-])C(=O)[O-].O=C([O-])C(=O)[O-].[Mn+3].[Mn+3]. The zero-order valence-electron chi connectivity index (χ0n) is 8.65. The molecule has 110 valence electrons. The first kappa shape index (κ1) is 30.7. The maximum atomic E-state index is 8.93. The Labute approximate surface area is 130 Å². The molecule has 0 N–H and O–H groups in total. The molecule has 14 heteroatoms. The minimum atomic E-state index is -2.19. The van der Waals surface area contributed by atoms with Gasteiger partial charge in [-0.3, -0.25) is 0 Å². The number of carbonyl (C=O) groups excluding carboxylic acids is 6. The molecular weight excluding hydrogens is 374 g/mol. The molecule has 0 atom stereocenters. The second kappa shape index (κ2) is 16.9. The van der Waals surface area contributed by atoms with E-state index in [1.54, 1.807) is 0 Å². The summed E-state index contributed by atoms with van der Waals surface area (Å²) in [5.41, 5.74) is 0. The number of aliphatic carboxylic acids is 6. The van der Waals surface area contributed by atoms with Crippen LogP contribution in [0, 0.1) is 0 Å². The minimum Gasteiger partial charge on any atom is -0.543 e. The number of carboxylic acids is 6. The molecule has 0 spiro atoms. The predicted octanol–water partition coefficient (Wildman–Crippen LogP) is -10.5. The second-order valence-electron chi connectivity index (χ2n) is 1.72. The van der Waals surface area contributed by atoms with Crippen LogP contribution in [0.4, 0.5) is 0 Å². The summed E-state index contributed by atoms with van der Waals surface area (Å²) in [5, 5.41) is 53.6. The molecule has 0 saturated carbocycles. The van der Waals surface area contributed by atoms with E-state index in [1.807, 2.05) is 0 Å². The number of carboxylic acid groups (broad SMARTS) is 6. The van der Waals surface area contributed by atoms with Gasteiger partial charge in [0.1, 0.15) is 0 Å². The van der Waals surface area contributed by atoms with Crippen molar-refractivity contribution < 1.29 is 93.5 Å². The first-order valence-electron chi connectivity index (χ1n) is 3.20. The molecule has 0 aromatic carbocycles. The average molecular weight is 374 g/mol. The van der Waals surface area contributed by atoms with Crippen LogP contribution >= 0.6 is 0 Å². The van der Waals surface area contributed by atoms with Crippen molar-refractivity contribution >= 4 is 35.8 Å². The van der Waals surface area contributed by atoms with Gasteiger partial charge in [-0.2, -0.15) is 0 Å². The monoisotopic (exact) mass is 374 g/mol. The molecule has 0 bridgehead atoms. The first-order valence-corrected chi connectivity index (χ1v) is 3.20. The van der Waals surface area contributed by atoms with Crippen LogP contribution < -0.4 is 30.6 Å². The Bertz CT molecular complexity index is 281. The van der Waals surface area contributed by atoms with Gasteiger partial charge >= 0.3 is 34.1 Å². The average Bonchev–Trinajstić information content (AvgIpc) is 2.18. The van der Waals surface area contributed by atoms with Crippen molar-refractivity contribution in [3.8, 4) is 0 Å². The van der Waals surface area contributed by atoms with Crippen LogP contribution in [0.5, 0.6) is 0 Å². The summed E-state index contributed by atoms with van der Waals surface area (Å²) in [6, 6.07) is 0. The van der Waals surface area contributed by atoms with Gasteiger partial charge in [-0.1, -0.05) is 0 Å². The fourth-order valence-electron chi connectivity index (χ4n) is 0. The van der Waals surface area contributed by atoms with Crippen LogP contribution in [0.15, 0.2) is 0 Å². The summed E-state index contributed by atoms with van der Waals surface area (Å²) in [6.07, 6.45) is 0. The molecule has 0 amide bonds. The largest absolute Gasteiger partial charge is 3.00 e. The van der Waals surface area contributed by atoms with Crippen LogP contribution in [0.3, 0.4) is 0 Å². The van der Waals surface area contributed by atoms with Crippen LogP contribution in [-0.4, -0.2) is 35.8 Å². The van der Waals surface area contributed by atoms with Crippen molar-refractivity contribution in [2.45, 2.75) is 0 Å². The summed E-state index contributed by atoms with van der Waals surface area (Å²) < 4.78 is 0. The maximum absolute atomic E-state index is 8.93. The van der Waals surface area contributed by atoms with Gasteiger partial charge in [0.25, 0.3) is 0 Å². The van der Waals surface area contributed by atoms with Crippen LogP contribution in [0.1, 0.15) is 0 Å². The molecule has 0 heterocycles. The Morgan fingerprint density at radius 3 is 0.400 bits per heavy atom. The van der Waals surface area contributed by atoms with E-state index in [1.165, 1.54) is 0 Å². The fraction of sp³-hybridized carbons (Fsp3) is 0. The van der Waals surface area contributed by atoms with Gasteiger partial charge in [0.05, 0.1) is 35.8 Å². The summed E-state index contributed by atoms with van der Waals surface area (Å²) in [7, 11) is 0. The Kier molecular flexibility index (Phi) is 25.9. The third kappa shape index (κ3) is 36.0. The summed E-state index contributed by atoms with van der Waals surface area (Å²) in [4.78, 5) is 53.6. The molecule has 0 saturated heterocycles. The van der Waals surface area contributed by atoms with Crippen molar-refractivity contribution in [1.29, 1.82) is 0 Å². The third-order valence-corrected chi connectivity index (χ3v) is 0.500. The molecular formula is C6Mn2O12. The number of rotatable bonds is 0. The zero-order valence-corrected chi connectivity index (χ0v) is 11.0. The summed E-state index contributed by atoms with van der Waals surface area (Å²) in [5.74, 6) is -13.1. The molecule has 0 rings (SSSR count). The van der Waals surface area contributed by atoms with Crippen molar-refractivity contribution in [2.75, 3.05) is 0 Å². The van der Waals surface area contributed by atoms with Gasteiger partial charge in [0, 0.05) is 0 Å². The topological polar surface area (TPSA) is 241 Å². The van der Waals surface area contributed by atoms with E-state index in [2.05, 4.69) is 0 Å². The van der Waals surface area contributed by atoms with E-state index >= 15 is 0 Å². The van der Waals surface area contributed by atoms with E-state index in [0.717, 1.165) is 0 Å². The molecule has 0 aliphatic rings. The van der Waals surface area contributed by atoms with Gasteiger partial charge < -0.3 is 59.4 Å². The Balaban J connectivity index is -0.0000000536. The quantitative estimate of drug-likeness (QED) is 0.283. The molecule has 0 radical (unpaired) electrons. The summed E-state index contributed by atoms with van der Waals surface area (Å²) in [6.45, 7) is 0. The molecule has 0 aliphatic heterocycles. The van der Waals surface area contributed by atoms with Crippen molar-refractivity contribution in [1.82, 2.24) is 0 Å². The molecule has 0 aromatic heterocycles. The second-order valence-corrected chi connectivity index (χ2v) is 1.72. The molecule has 0 unspecified atom stereocenters. The number of hydrogen-bond donors (Lipinski definition) is 0. The molecule has 12 nitrogen and oxygen atoms in total. The van der Waals surface area contributed by atoms with Crippen LogP contribution in [0.2, 0.25) is 0 Å². The fourth-order valence-corrected chi connectivity index (χ4v) is 0. The van der Waals surface area contributed by atoms with Crippen molar-refractivity contribution in [3.63, 3.8) is 0 Å². The standard InChI is InChI=1S/3C2H2O4.2Mn/c3*3-1(4)2(5)6;;/h3*(H,3,4)(H,5,6);;/q;;;2*+3/p-6. The number of carbonyl (C=O) groups is 6. The maximum Gasteiger partial charge on any atom is 3.00 e. The smallest absolute Gasteiger partial charge is 0.543 e. The van der Waals surface area contributed by atoms with Crippen LogP contribution in [-0.2, 0) is 62.9 Å². The Morgan fingerprint density at radius 2 is 0.400 bits per heavy atom. The van der Waals surface area contributed by atoms with Gasteiger partial charge in [0.2, 0.25) is 0 Å². The van der Waals surface area contributed by atoms with E-state index in [4.69, 9.17) is 59.4 Å². The van der Waals surface area contributed by atoms with Crippen molar-refractivity contribution in [3.05, 3.63) is 0 Å². The third-order valence-electron chi connectivity index (χ3n) is 0.500. The molecule has 20 heavy (non-hydrogen) atoms. The van der Waals surface area contributed by atoms with E-state index in [9.17, 15) is 0 Å². The normalized spacial score (nSPS) is 6.60.